The van der Waals surface area contributed by atoms with Gasteiger partial charge < -0.3 is 10.2 Å². The predicted octanol–water partition coefficient (Wildman–Crippen LogP) is 3.54. The van der Waals surface area contributed by atoms with Gasteiger partial charge in [0, 0.05) is 5.56 Å². The van der Waals surface area contributed by atoms with Gasteiger partial charge in [-0.2, -0.15) is 0 Å². The maximum atomic E-state index is 13.2. The summed E-state index contributed by atoms with van der Waals surface area (Å²) in [6.07, 6.45) is 1.55. The summed E-state index contributed by atoms with van der Waals surface area (Å²) >= 11 is 3.26. The Labute approximate surface area is 101 Å². The van der Waals surface area contributed by atoms with Gasteiger partial charge in [-0.15, -0.1) is 0 Å². The number of rotatable bonds is 2. The summed E-state index contributed by atoms with van der Waals surface area (Å²) in [6.45, 7) is 1.84. The minimum Gasteiger partial charge on any atom is -0.457 e. The lowest BCUT2D eigenvalue weighted by atomic mass is 10.0. The second-order valence-corrected chi connectivity index (χ2v) is 4.41. The Hall–Kier alpha value is -1.13. The average Bonchev–Trinajstić information content (AvgIpc) is 2.62. The Kier molecular flexibility index (Phi) is 3.12. The predicted molar refractivity (Wildman–Crippen MR) is 63.6 cm³/mol. The van der Waals surface area contributed by atoms with Crippen LogP contribution in [0.2, 0.25) is 0 Å². The third-order valence-electron chi connectivity index (χ3n) is 2.40. The van der Waals surface area contributed by atoms with E-state index < -0.39 is 0 Å². The molecule has 0 aliphatic carbocycles. The van der Waals surface area contributed by atoms with Gasteiger partial charge in [-0.25, -0.2) is 4.39 Å². The van der Waals surface area contributed by atoms with Gasteiger partial charge in [0.1, 0.15) is 5.82 Å². The van der Waals surface area contributed by atoms with Gasteiger partial charge >= 0.3 is 0 Å². The molecule has 0 fully saturated rings. The molecule has 2 aromatic rings. The van der Waals surface area contributed by atoms with E-state index in [4.69, 9.17) is 10.2 Å². The van der Waals surface area contributed by atoms with E-state index in [-0.39, 0.29) is 11.9 Å². The van der Waals surface area contributed by atoms with Crippen LogP contribution in [0.3, 0.4) is 0 Å². The van der Waals surface area contributed by atoms with Crippen LogP contribution in [0, 0.1) is 12.7 Å². The molecular weight excluding hydrogens is 273 g/mol. The first-order valence-electron chi connectivity index (χ1n) is 4.83. The van der Waals surface area contributed by atoms with Gasteiger partial charge in [0.25, 0.3) is 0 Å². The summed E-state index contributed by atoms with van der Waals surface area (Å²) in [7, 11) is 0. The van der Waals surface area contributed by atoms with E-state index in [1.165, 1.54) is 12.1 Å². The molecule has 2 rings (SSSR count). The van der Waals surface area contributed by atoms with Crippen molar-refractivity contribution in [3.8, 4) is 0 Å². The van der Waals surface area contributed by atoms with Gasteiger partial charge in [0.2, 0.25) is 0 Å². The summed E-state index contributed by atoms with van der Waals surface area (Å²) in [5.74, 6) is -0.273. The molecule has 0 amide bonds. The molecule has 0 saturated heterocycles. The number of nitrogens with two attached hydrogens (primary N) is 1. The second kappa shape index (κ2) is 4.39. The molecule has 0 aliphatic rings. The fourth-order valence-electron chi connectivity index (χ4n) is 1.65. The van der Waals surface area contributed by atoms with Crippen LogP contribution in [0.4, 0.5) is 4.39 Å². The third kappa shape index (κ3) is 2.18. The smallest absolute Gasteiger partial charge is 0.174 e. The van der Waals surface area contributed by atoms with Crippen molar-refractivity contribution in [2.24, 2.45) is 5.73 Å². The van der Waals surface area contributed by atoms with E-state index in [0.717, 1.165) is 16.7 Å². The normalized spacial score (nSPS) is 12.8. The first kappa shape index (κ1) is 11.4. The summed E-state index contributed by atoms with van der Waals surface area (Å²) in [6, 6.07) is 6.17. The molecule has 1 aromatic heterocycles. The van der Waals surface area contributed by atoms with Crippen molar-refractivity contribution in [2.75, 3.05) is 0 Å². The first-order chi connectivity index (χ1) is 7.58. The molecule has 1 aromatic carbocycles. The average molecular weight is 284 g/mol. The minimum atomic E-state index is -0.387. The number of hydrogen-bond acceptors (Lipinski definition) is 2. The monoisotopic (exact) mass is 283 g/mol. The maximum Gasteiger partial charge on any atom is 0.174 e. The van der Waals surface area contributed by atoms with E-state index >= 15 is 0 Å². The van der Waals surface area contributed by atoms with E-state index in [1.807, 2.05) is 13.0 Å². The lowest BCUT2D eigenvalue weighted by Crippen LogP contribution is -2.12. The van der Waals surface area contributed by atoms with E-state index in [0.29, 0.717) is 4.67 Å². The molecule has 2 nitrogen and oxygen atoms in total. The molecule has 0 radical (unpaired) electrons. The topological polar surface area (TPSA) is 39.2 Å². The highest BCUT2D eigenvalue weighted by atomic mass is 79.9. The molecule has 0 saturated carbocycles. The maximum absolute atomic E-state index is 13.2. The molecule has 1 unspecified atom stereocenters. The summed E-state index contributed by atoms with van der Waals surface area (Å²) < 4.78 is 18.9. The number of hydrogen-bond donors (Lipinski definition) is 1. The number of benzene rings is 1. The van der Waals surface area contributed by atoms with Crippen LogP contribution in [0.1, 0.15) is 22.7 Å². The molecule has 0 bridgehead atoms. The Morgan fingerprint density at radius 2 is 2.12 bits per heavy atom. The zero-order chi connectivity index (χ0) is 11.7. The zero-order valence-electron chi connectivity index (χ0n) is 8.71. The van der Waals surface area contributed by atoms with Gasteiger partial charge in [0.15, 0.2) is 4.67 Å². The molecule has 1 heterocycles. The van der Waals surface area contributed by atoms with Crippen LogP contribution in [-0.4, -0.2) is 0 Å². The Bertz CT molecular complexity index is 489. The number of furan rings is 1. The summed E-state index contributed by atoms with van der Waals surface area (Å²) in [5.41, 5.74) is 8.44. The van der Waals surface area contributed by atoms with E-state index in [9.17, 15) is 4.39 Å². The van der Waals surface area contributed by atoms with Gasteiger partial charge in [-0.3, -0.25) is 0 Å². The highest BCUT2D eigenvalue weighted by Crippen LogP contribution is 2.28. The standard InChI is InChI=1S/C12H11BrFNO/c1-7-4-8(6-9(14)5-7)11(15)10-2-3-16-12(10)13/h2-6,11H,15H2,1H3. The van der Waals surface area contributed by atoms with Crippen molar-refractivity contribution in [1.82, 2.24) is 0 Å². The second-order valence-electron chi connectivity index (χ2n) is 3.69. The lowest BCUT2D eigenvalue weighted by molar-refractivity contribution is 0.534. The van der Waals surface area contributed by atoms with E-state index in [2.05, 4.69) is 15.9 Å². The van der Waals surface area contributed by atoms with Crippen LogP contribution in [0.25, 0.3) is 0 Å². The van der Waals surface area contributed by atoms with Crippen LogP contribution in [0.15, 0.2) is 39.6 Å². The number of halogens is 2. The van der Waals surface area contributed by atoms with Crippen molar-refractivity contribution in [3.63, 3.8) is 0 Å². The van der Waals surface area contributed by atoms with Crippen molar-refractivity contribution in [2.45, 2.75) is 13.0 Å². The van der Waals surface area contributed by atoms with E-state index in [1.54, 1.807) is 12.3 Å². The quantitative estimate of drug-likeness (QED) is 0.916. The van der Waals surface area contributed by atoms with Gasteiger partial charge in [-0.05, 0) is 52.2 Å². The molecule has 4 heteroatoms. The van der Waals surface area contributed by atoms with Crippen LogP contribution in [-0.2, 0) is 0 Å². The minimum absolute atomic E-state index is 0.273. The van der Waals surface area contributed by atoms with Crippen molar-refractivity contribution in [1.29, 1.82) is 0 Å². The van der Waals surface area contributed by atoms with Crippen molar-refractivity contribution < 1.29 is 8.81 Å². The summed E-state index contributed by atoms with van der Waals surface area (Å²) in [4.78, 5) is 0. The zero-order valence-corrected chi connectivity index (χ0v) is 10.3. The van der Waals surface area contributed by atoms with Crippen molar-refractivity contribution in [3.05, 3.63) is 57.7 Å². The lowest BCUT2D eigenvalue weighted by Gasteiger charge is -2.11. The molecule has 0 aliphatic heterocycles. The highest BCUT2D eigenvalue weighted by Gasteiger charge is 2.15. The molecular formula is C12H11BrFNO. The molecule has 16 heavy (non-hydrogen) atoms. The largest absolute Gasteiger partial charge is 0.457 e. The van der Waals surface area contributed by atoms with Crippen LogP contribution >= 0.6 is 15.9 Å². The van der Waals surface area contributed by atoms with Crippen molar-refractivity contribution >= 4 is 15.9 Å². The third-order valence-corrected chi connectivity index (χ3v) is 3.05. The molecule has 84 valence electrons. The fourth-order valence-corrected chi connectivity index (χ4v) is 2.14. The molecule has 2 N–H and O–H groups in total. The van der Waals surface area contributed by atoms with Gasteiger partial charge in [-0.1, -0.05) is 6.07 Å². The summed E-state index contributed by atoms with van der Waals surface area (Å²) in [5, 5.41) is 0. The fraction of sp³-hybridized carbons (Fsp3) is 0.167. The Balaban J connectivity index is 2.41. The Morgan fingerprint density at radius 1 is 1.38 bits per heavy atom. The SMILES string of the molecule is Cc1cc(F)cc(C(N)c2ccoc2Br)c1. The molecule has 1 atom stereocenters. The Morgan fingerprint density at radius 3 is 2.69 bits per heavy atom. The van der Waals surface area contributed by atoms with Gasteiger partial charge in [0.05, 0.1) is 12.3 Å². The van der Waals surface area contributed by atoms with Crippen LogP contribution < -0.4 is 5.73 Å². The molecule has 0 spiro atoms. The van der Waals surface area contributed by atoms with Crippen LogP contribution in [0.5, 0.6) is 0 Å². The first-order valence-corrected chi connectivity index (χ1v) is 5.63. The highest BCUT2D eigenvalue weighted by molar-refractivity contribution is 9.10. The number of aryl methyl sites for hydroxylation is 1.